The number of rotatable bonds is 20. The lowest BCUT2D eigenvalue weighted by atomic mass is 10.0. The topological polar surface area (TPSA) is 25.8 Å². The van der Waals surface area contributed by atoms with Gasteiger partial charge in [-0.1, -0.05) is 135 Å². The molecule has 2 nitrogen and oxygen atoms in total. The van der Waals surface area contributed by atoms with Crippen molar-refractivity contribution in [1.29, 1.82) is 0 Å². The van der Waals surface area contributed by atoms with Gasteiger partial charge in [0.15, 0.2) is 5.82 Å². The maximum absolute atomic E-state index is 4.65. The molecule has 0 aliphatic heterocycles. The van der Waals surface area contributed by atoms with E-state index in [1.807, 2.05) is 12.4 Å². The van der Waals surface area contributed by atoms with E-state index >= 15 is 0 Å². The fourth-order valence-electron chi connectivity index (χ4n) is 4.68. The largest absolute Gasteiger partial charge is 0.236 e. The predicted octanol–water partition coefficient (Wildman–Crippen LogP) is 10.1. The molecule has 0 unspecified atom stereocenters. The van der Waals surface area contributed by atoms with E-state index in [1.165, 1.54) is 120 Å². The van der Waals surface area contributed by atoms with Gasteiger partial charge in [0, 0.05) is 18.0 Å². The van der Waals surface area contributed by atoms with E-state index < -0.39 is 0 Å². The quantitative estimate of drug-likeness (QED) is 0.182. The minimum Gasteiger partial charge on any atom is -0.236 e. The average Bonchev–Trinajstić information content (AvgIpc) is 2.85. The van der Waals surface area contributed by atoms with Crippen molar-refractivity contribution in [3.63, 3.8) is 0 Å². The molecule has 0 aliphatic carbocycles. The van der Waals surface area contributed by atoms with Crippen LogP contribution in [-0.4, -0.2) is 9.97 Å². The maximum Gasteiger partial charge on any atom is 0.159 e. The van der Waals surface area contributed by atoms with Crippen molar-refractivity contribution in [2.24, 2.45) is 5.92 Å². The Bertz CT molecular complexity index is 718. The van der Waals surface area contributed by atoms with Crippen LogP contribution in [0.15, 0.2) is 36.7 Å². The Kier molecular flexibility index (Phi) is 15.6. The van der Waals surface area contributed by atoms with E-state index in [0.29, 0.717) is 0 Å². The third-order valence-corrected chi connectivity index (χ3v) is 6.98. The van der Waals surface area contributed by atoms with Crippen LogP contribution in [0.4, 0.5) is 0 Å². The molecule has 0 radical (unpaired) electrons. The van der Waals surface area contributed by atoms with Crippen LogP contribution < -0.4 is 0 Å². The van der Waals surface area contributed by atoms with Crippen LogP contribution in [0.1, 0.15) is 135 Å². The zero-order valence-electron chi connectivity index (χ0n) is 22.7. The molecular weight excluding hydrogens is 412 g/mol. The summed E-state index contributed by atoms with van der Waals surface area (Å²) in [6.07, 6.45) is 28.3. The summed E-state index contributed by atoms with van der Waals surface area (Å²) in [5.41, 5.74) is 3.83. The number of benzene rings is 1. The molecule has 0 bridgehead atoms. The lowest BCUT2D eigenvalue weighted by Gasteiger charge is -2.06. The molecule has 0 saturated heterocycles. The third-order valence-electron chi connectivity index (χ3n) is 6.98. The lowest BCUT2D eigenvalue weighted by molar-refractivity contribution is 0.511. The van der Waals surface area contributed by atoms with Gasteiger partial charge in [-0.2, -0.15) is 0 Å². The van der Waals surface area contributed by atoms with E-state index in [9.17, 15) is 0 Å². The molecule has 1 heterocycles. The number of hydrogen-bond acceptors (Lipinski definition) is 2. The molecule has 0 saturated carbocycles. The Morgan fingerprint density at radius 2 is 1.03 bits per heavy atom. The Balaban J connectivity index is 1.58. The van der Waals surface area contributed by atoms with Crippen molar-refractivity contribution in [2.75, 3.05) is 0 Å². The van der Waals surface area contributed by atoms with Crippen molar-refractivity contribution in [1.82, 2.24) is 9.97 Å². The number of nitrogens with zero attached hydrogens (tertiary/aromatic N) is 2. The molecule has 2 rings (SSSR count). The standard InChI is InChI=1S/C32H52N2/c1-4-5-6-7-8-9-10-15-18-21-30-26-33-32(34-27-30)31-24-22-29(23-25-31)20-17-14-12-11-13-16-19-28(2)3/h22-28H,4-21H2,1-3H3. The third kappa shape index (κ3) is 13.3. The van der Waals surface area contributed by atoms with Gasteiger partial charge in [0.05, 0.1) is 0 Å². The maximum atomic E-state index is 4.65. The minimum absolute atomic E-state index is 0.851. The van der Waals surface area contributed by atoms with E-state index in [1.54, 1.807) is 0 Å². The van der Waals surface area contributed by atoms with Crippen LogP contribution in [0.5, 0.6) is 0 Å². The number of unbranched alkanes of at least 4 members (excludes halogenated alkanes) is 13. The Morgan fingerprint density at radius 1 is 0.559 bits per heavy atom. The van der Waals surface area contributed by atoms with Crippen LogP contribution >= 0.6 is 0 Å². The van der Waals surface area contributed by atoms with Gasteiger partial charge in [-0.25, -0.2) is 9.97 Å². The first kappa shape index (κ1) is 28.5. The van der Waals surface area contributed by atoms with E-state index in [-0.39, 0.29) is 0 Å². The van der Waals surface area contributed by atoms with Crippen molar-refractivity contribution in [2.45, 2.75) is 136 Å². The lowest BCUT2D eigenvalue weighted by Crippen LogP contribution is -1.94. The molecule has 190 valence electrons. The highest BCUT2D eigenvalue weighted by Crippen LogP contribution is 2.18. The van der Waals surface area contributed by atoms with Crippen LogP contribution in [-0.2, 0) is 12.8 Å². The Morgan fingerprint density at radius 3 is 1.56 bits per heavy atom. The van der Waals surface area contributed by atoms with Crippen molar-refractivity contribution in [3.8, 4) is 11.4 Å². The molecule has 0 amide bonds. The van der Waals surface area contributed by atoms with Crippen LogP contribution in [0, 0.1) is 5.92 Å². The molecule has 2 aromatic rings. The van der Waals surface area contributed by atoms with Crippen LogP contribution in [0.2, 0.25) is 0 Å². The summed E-state index contributed by atoms with van der Waals surface area (Å²) in [6, 6.07) is 8.91. The van der Waals surface area contributed by atoms with Gasteiger partial charge in [-0.3, -0.25) is 0 Å². The van der Waals surface area contributed by atoms with Gasteiger partial charge >= 0.3 is 0 Å². The molecular formula is C32H52N2. The van der Waals surface area contributed by atoms with Crippen LogP contribution in [0.3, 0.4) is 0 Å². The first-order chi connectivity index (χ1) is 16.7. The fourth-order valence-corrected chi connectivity index (χ4v) is 4.68. The first-order valence-electron chi connectivity index (χ1n) is 14.6. The molecule has 0 fully saturated rings. The van der Waals surface area contributed by atoms with E-state index in [2.05, 4.69) is 55.0 Å². The van der Waals surface area contributed by atoms with Gasteiger partial charge in [0.1, 0.15) is 0 Å². The van der Waals surface area contributed by atoms with Gasteiger partial charge in [-0.15, -0.1) is 0 Å². The number of aryl methyl sites for hydroxylation is 2. The van der Waals surface area contributed by atoms with Gasteiger partial charge < -0.3 is 0 Å². The summed E-state index contributed by atoms with van der Waals surface area (Å²) in [6.45, 7) is 6.93. The second-order valence-electron chi connectivity index (χ2n) is 10.7. The Labute approximate surface area is 211 Å². The van der Waals surface area contributed by atoms with Crippen LogP contribution in [0.25, 0.3) is 11.4 Å². The highest BCUT2D eigenvalue weighted by Gasteiger charge is 2.03. The van der Waals surface area contributed by atoms with Crippen molar-refractivity contribution < 1.29 is 0 Å². The molecule has 0 spiro atoms. The zero-order chi connectivity index (χ0) is 24.3. The van der Waals surface area contributed by atoms with Gasteiger partial charge in [0.25, 0.3) is 0 Å². The highest BCUT2D eigenvalue weighted by molar-refractivity contribution is 5.55. The number of aromatic nitrogens is 2. The van der Waals surface area contributed by atoms with Crippen molar-refractivity contribution in [3.05, 3.63) is 47.8 Å². The summed E-state index contributed by atoms with van der Waals surface area (Å²) in [4.78, 5) is 9.29. The molecule has 2 heteroatoms. The van der Waals surface area contributed by atoms with E-state index in [0.717, 1.165) is 23.7 Å². The number of hydrogen-bond donors (Lipinski definition) is 0. The molecule has 1 aromatic carbocycles. The molecule has 0 atom stereocenters. The van der Waals surface area contributed by atoms with Gasteiger partial charge in [0.2, 0.25) is 0 Å². The Hall–Kier alpha value is -1.70. The minimum atomic E-state index is 0.851. The second-order valence-corrected chi connectivity index (χ2v) is 10.7. The highest BCUT2D eigenvalue weighted by atomic mass is 14.9. The molecule has 0 N–H and O–H groups in total. The second kappa shape index (κ2) is 18.6. The summed E-state index contributed by atoms with van der Waals surface area (Å²) in [7, 11) is 0. The molecule has 0 aliphatic rings. The first-order valence-corrected chi connectivity index (χ1v) is 14.6. The smallest absolute Gasteiger partial charge is 0.159 e. The van der Waals surface area contributed by atoms with Gasteiger partial charge in [-0.05, 0) is 42.7 Å². The monoisotopic (exact) mass is 464 g/mol. The molecule has 34 heavy (non-hydrogen) atoms. The molecule has 1 aromatic heterocycles. The average molecular weight is 465 g/mol. The summed E-state index contributed by atoms with van der Waals surface area (Å²) >= 11 is 0. The summed E-state index contributed by atoms with van der Waals surface area (Å²) in [5.74, 6) is 1.71. The predicted molar refractivity (Wildman–Crippen MR) is 149 cm³/mol. The normalized spacial score (nSPS) is 11.4. The van der Waals surface area contributed by atoms with Crippen molar-refractivity contribution >= 4 is 0 Å². The van der Waals surface area contributed by atoms with E-state index in [4.69, 9.17) is 0 Å². The zero-order valence-corrected chi connectivity index (χ0v) is 22.7. The summed E-state index contributed by atoms with van der Waals surface area (Å²) < 4.78 is 0. The fraction of sp³-hybridized carbons (Fsp3) is 0.688. The SMILES string of the molecule is CCCCCCCCCCCc1cnc(-c2ccc(CCCCCCCCC(C)C)cc2)nc1. The summed E-state index contributed by atoms with van der Waals surface area (Å²) in [5, 5.41) is 0.